The van der Waals surface area contributed by atoms with Gasteiger partial charge in [-0.15, -0.1) is 11.3 Å². The van der Waals surface area contributed by atoms with Crippen molar-refractivity contribution in [3.63, 3.8) is 0 Å². The van der Waals surface area contributed by atoms with Crippen LogP contribution in [0.3, 0.4) is 0 Å². The zero-order chi connectivity index (χ0) is 15.6. The molecule has 9 heteroatoms. The van der Waals surface area contributed by atoms with Crippen LogP contribution in [0.15, 0.2) is 43.5 Å². The second kappa shape index (κ2) is 6.57. The maximum absolute atomic E-state index is 12.2. The third kappa shape index (κ3) is 3.92. The third-order valence-electron chi connectivity index (χ3n) is 2.57. The van der Waals surface area contributed by atoms with Gasteiger partial charge in [-0.05, 0) is 33.6 Å². The van der Waals surface area contributed by atoms with Crippen LogP contribution >= 0.6 is 43.2 Å². The minimum Gasteiger partial charge on any atom is -0.477 e. The molecule has 0 aliphatic heterocycles. The first-order valence-electron chi connectivity index (χ1n) is 5.57. The Labute approximate surface area is 142 Å². The van der Waals surface area contributed by atoms with Gasteiger partial charge in [0, 0.05) is 11.0 Å². The van der Waals surface area contributed by atoms with Crippen LogP contribution in [-0.2, 0) is 16.6 Å². The molecule has 0 bridgehead atoms. The summed E-state index contributed by atoms with van der Waals surface area (Å²) in [5.74, 6) is -1.16. The van der Waals surface area contributed by atoms with Crippen LogP contribution in [0.2, 0.25) is 0 Å². The standard InChI is InChI=1S/C12H9Br2NO4S2/c13-8-4-2-1-3-7(8)6-15-21(18,19)10-5-9(12(16)17)20-11(10)14/h1-5,15H,6H2,(H,16,17). The highest BCUT2D eigenvalue weighted by molar-refractivity contribution is 9.11. The molecule has 0 fully saturated rings. The molecule has 2 N–H and O–H groups in total. The number of hydrogen-bond acceptors (Lipinski definition) is 4. The summed E-state index contributed by atoms with van der Waals surface area (Å²) in [5, 5.41) is 8.90. The second-order valence-corrected chi connectivity index (χ2v) is 8.93. The molecule has 0 aliphatic carbocycles. The molecular formula is C12H9Br2NO4S2. The summed E-state index contributed by atoms with van der Waals surface area (Å²) in [6.07, 6.45) is 0. The first kappa shape index (κ1) is 16.6. The van der Waals surface area contributed by atoms with Gasteiger partial charge in [0.2, 0.25) is 10.0 Å². The van der Waals surface area contributed by atoms with Crippen LogP contribution < -0.4 is 4.72 Å². The van der Waals surface area contributed by atoms with E-state index >= 15 is 0 Å². The smallest absolute Gasteiger partial charge is 0.345 e. The second-order valence-electron chi connectivity index (χ2n) is 3.97. The Morgan fingerprint density at radius 3 is 2.52 bits per heavy atom. The molecular weight excluding hydrogens is 446 g/mol. The fourth-order valence-electron chi connectivity index (χ4n) is 1.53. The molecule has 21 heavy (non-hydrogen) atoms. The first-order chi connectivity index (χ1) is 9.81. The van der Waals surface area contributed by atoms with E-state index in [2.05, 4.69) is 36.6 Å². The zero-order valence-corrected chi connectivity index (χ0v) is 15.1. The van der Waals surface area contributed by atoms with E-state index in [1.54, 1.807) is 12.1 Å². The van der Waals surface area contributed by atoms with E-state index < -0.39 is 16.0 Å². The first-order valence-corrected chi connectivity index (χ1v) is 9.45. The number of carboxylic acids is 1. The Hall–Kier alpha value is -0.740. The molecule has 1 aromatic heterocycles. The number of rotatable bonds is 5. The number of carbonyl (C=O) groups is 1. The van der Waals surface area contributed by atoms with Gasteiger partial charge in [0.05, 0.1) is 3.79 Å². The number of halogens is 2. The molecule has 0 amide bonds. The number of sulfonamides is 1. The number of nitrogens with one attached hydrogen (secondary N) is 1. The molecule has 0 spiro atoms. The van der Waals surface area contributed by atoms with Gasteiger partial charge in [-0.25, -0.2) is 17.9 Å². The van der Waals surface area contributed by atoms with E-state index in [-0.39, 0.29) is 20.1 Å². The Kier molecular flexibility index (Phi) is 5.20. The fraction of sp³-hybridized carbons (Fsp3) is 0.0833. The molecule has 0 saturated carbocycles. The topological polar surface area (TPSA) is 83.5 Å². The van der Waals surface area contributed by atoms with Crippen LogP contribution in [0.5, 0.6) is 0 Å². The van der Waals surface area contributed by atoms with Gasteiger partial charge < -0.3 is 5.11 Å². The van der Waals surface area contributed by atoms with Gasteiger partial charge in [-0.1, -0.05) is 34.1 Å². The van der Waals surface area contributed by atoms with Crippen molar-refractivity contribution >= 4 is 59.2 Å². The highest BCUT2D eigenvalue weighted by atomic mass is 79.9. The largest absolute Gasteiger partial charge is 0.477 e. The predicted molar refractivity (Wildman–Crippen MR) is 87.1 cm³/mol. The van der Waals surface area contributed by atoms with Gasteiger partial charge in [-0.2, -0.15) is 0 Å². The number of benzene rings is 1. The molecule has 0 aliphatic rings. The van der Waals surface area contributed by atoms with Crippen LogP contribution in [0.25, 0.3) is 0 Å². The maximum atomic E-state index is 12.2. The molecule has 2 aromatic rings. The van der Waals surface area contributed by atoms with E-state index in [0.717, 1.165) is 27.4 Å². The summed E-state index contributed by atoms with van der Waals surface area (Å²) in [6, 6.07) is 8.37. The normalized spacial score (nSPS) is 11.5. The van der Waals surface area contributed by atoms with Crippen LogP contribution in [0.4, 0.5) is 0 Å². The van der Waals surface area contributed by atoms with Crippen molar-refractivity contribution in [2.75, 3.05) is 0 Å². The number of aromatic carboxylic acids is 1. The Morgan fingerprint density at radius 1 is 1.29 bits per heavy atom. The third-order valence-corrected chi connectivity index (χ3v) is 6.98. The van der Waals surface area contributed by atoms with E-state index in [9.17, 15) is 13.2 Å². The highest BCUT2D eigenvalue weighted by Crippen LogP contribution is 2.31. The molecule has 112 valence electrons. The quantitative estimate of drug-likeness (QED) is 0.724. The van der Waals surface area contributed by atoms with E-state index in [4.69, 9.17) is 5.11 Å². The summed E-state index contributed by atoms with van der Waals surface area (Å²) in [6.45, 7) is 0.106. The van der Waals surface area contributed by atoms with E-state index in [1.165, 1.54) is 0 Å². The van der Waals surface area contributed by atoms with Crippen molar-refractivity contribution in [2.24, 2.45) is 0 Å². The Bertz CT molecular complexity index is 786. The molecule has 1 aromatic carbocycles. The van der Waals surface area contributed by atoms with Crippen LogP contribution in [0.1, 0.15) is 15.2 Å². The van der Waals surface area contributed by atoms with Crippen molar-refractivity contribution in [2.45, 2.75) is 11.4 Å². The molecule has 0 saturated heterocycles. The van der Waals surface area contributed by atoms with Crippen molar-refractivity contribution in [1.82, 2.24) is 4.72 Å². The fourth-order valence-corrected chi connectivity index (χ4v) is 5.37. The maximum Gasteiger partial charge on any atom is 0.345 e. The summed E-state index contributed by atoms with van der Waals surface area (Å²) < 4.78 is 28.0. The van der Waals surface area contributed by atoms with Gasteiger partial charge in [0.1, 0.15) is 9.77 Å². The summed E-state index contributed by atoms with van der Waals surface area (Å²) >= 11 is 7.29. The van der Waals surface area contributed by atoms with Gasteiger partial charge >= 0.3 is 5.97 Å². The summed E-state index contributed by atoms with van der Waals surface area (Å²) in [4.78, 5) is 10.8. The van der Waals surface area contributed by atoms with Crippen molar-refractivity contribution in [3.8, 4) is 0 Å². The number of thiophene rings is 1. The van der Waals surface area contributed by atoms with Crippen LogP contribution in [-0.4, -0.2) is 19.5 Å². The van der Waals surface area contributed by atoms with Crippen molar-refractivity contribution in [3.05, 3.63) is 49.0 Å². The Balaban J connectivity index is 2.23. The summed E-state index contributed by atoms with van der Waals surface area (Å²) in [5.41, 5.74) is 0.783. The lowest BCUT2D eigenvalue weighted by Gasteiger charge is -2.07. The van der Waals surface area contributed by atoms with Crippen molar-refractivity contribution < 1.29 is 18.3 Å². The predicted octanol–water partition coefficient (Wildman–Crippen LogP) is 3.45. The average molecular weight is 455 g/mol. The summed E-state index contributed by atoms with van der Waals surface area (Å²) in [7, 11) is -3.79. The Morgan fingerprint density at radius 2 is 1.95 bits per heavy atom. The van der Waals surface area contributed by atoms with E-state index in [0.29, 0.717) is 0 Å². The van der Waals surface area contributed by atoms with E-state index in [1.807, 2.05) is 12.1 Å². The minimum absolute atomic E-state index is 0.0388. The lowest BCUT2D eigenvalue weighted by atomic mass is 10.2. The number of carboxylic acid groups (broad SMARTS) is 1. The molecule has 2 rings (SSSR count). The molecule has 1 heterocycles. The van der Waals surface area contributed by atoms with Crippen LogP contribution in [0, 0.1) is 0 Å². The van der Waals surface area contributed by atoms with Crippen molar-refractivity contribution in [1.29, 1.82) is 0 Å². The number of hydrogen-bond donors (Lipinski definition) is 2. The van der Waals surface area contributed by atoms with Gasteiger partial charge in [-0.3, -0.25) is 0 Å². The molecule has 5 nitrogen and oxygen atoms in total. The molecule has 0 radical (unpaired) electrons. The molecule has 0 unspecified atom stereocenters. The SMILES string of the molecule is O=C(O)c1cc(S(=O)(=O)NCc2ccccc2Br)c(Br)s1. The lowest BCUT2D eigenvalue weighted by molar-refractivity contribution is 0.0702. The lowest BCUT2D eigenvalue weighted by Crippen LogP contribution is -2.23. The minimum atomic E-state index is -3.79. The van der Waals surface area contributed by atoms with Gasteiger partial charge in [0.25, 0.3) is 0 Å². The van der Waals surface area contributed by atoms with Gasteiger partial charge in [0.15, 0.2) is 0 Å². The highest BCUT2D eigenvalue weighted by Gasteiger charge is 2.23. The zero-order valence-electron chi connectivity index (χ0n) is 10.3. The molecule has 0 atom stereocenters. The average Bonchev–Trinajstić information content (AvgIpc) is 2.81. The monoisotopic (exact) mass is 453 g/mol.